The van der Waals surface area contributed by atoms with E-state index < -0.39 is 0 Å². The van der Waals surface area contributed by atoms with Crippen molar-refractivity contribution in [1.82, 2.24) is 9.97 Å². The van der Waals surface area contributed by atoms with Crippen LogP contribution in [0.2, 0.25) is 5.02 Å². The minimum absolute atomic E-state index is 0.238. The maximum Gasteiger partial charge on any atom is 0.227 e. The van der Waals surface area contributed by atoms with Crippen molar-refractivity contribution < 1.29 is 9.59 Å². The number of aromatic nitrogens is 2. The van der Waals surface area contributed by atoms with Gasteiger partial charge in [-0.25, -0.2) is 4.98 Å². The summed E-state index contributed by atoms with van der Waals surface area (Å²) >= 11 is 6.36. The molecule has 9 heteroatoms. The topological polar surface area (TPSA) is 118 Å². The van der Waals surface area contributed by atoms with Crippen LogP contribution < -0.4 is 21.3 Å². The van der Waals surface area contributed by atoms with Gasteiger partial charge >= 0.3 is 0 Å². The van der Waals surface area contributed by atoms with Crippen LogP contribution in [0, 0.1) is 11.8 Å². The van der Waals surface area contributed by atoms with Gasteiger partial charge in [-0.1, -0.05) is 11.6 Å². The third-order valence-corrected chi connectivity index (χ3v) is 5.77. The molecule has 1 aromatic heterocycles. The zero-order chi connectivity index (χ0) is 19.4. The number of amides is 2. The molecule has 2 aliphatic heterocycles. The van der Waals surface area contributed by atoms with Gasteiger partial charge in [0, 0.05) is 39.0 Å². The summed E-state index contributed by atoms with van der Waals surface area (Å²) in [5.74, 6) is 1.62. The summed E-state index contributed by atoms with van der Waals surface area (Å²) < 4.78 is 0. The van der Waals surface area contributed by atoms with E-state index in [1.54, 1.807) is 6.20 Å². The molecule has 8 nitrogen and oxygen atoms in total. The van der Waals surface area contributed by atoms with Gasteiger partial charge in [0.25, 0.3) is 0 Å². The lowest BCUT2D eigenvalue weighted by Gasteiger charge is -2.34. The van der Waals surface area contributed by atoms with Gasteiger partial charge in [0.2, 0.25) is 17.8 Å². The summed E-state index contributed by atoms with van der Waals surface area (Å²) in [5, 5.41) is 0.538. The Morgan fingerprint density at radius 1 is 0.963 bits per heavy atom. The van der Waals surface area contributed by atoms with E-state index in [-0.39, 0.29) is 11.8 Å². The Balaban J connectivity index is 1.62. The molecular formula is C18H27ClN6O2. The second kappa shape index (κ2) is 8.73. The summed E-state index contributed by atoms with van der Waals surface area (Å²) in [6.45, 7) is 3.21. The zero-order valence-corrected chi connectivity index (χ0v) is 16.2. The van der Waals surface area contributed by atoms with E-state index in [0.717, 1.165) is 57.7 Å². The Bertz CT molecular complexity index is 684. The zero-order valence-electron chi connectivity index (χ0n) is 15.4. The predicted molar refractivity (Wildman–Crippen MR) is 105 cm³/mol. The average molecular weight is 395 g/mol. The Labute approximate surface area is 164 Å². The molecule has 27 heavy (non-hydrogen) atoms. The fourth-order valence-corrected chi connectivity index (χ4v) is 4.19. The maximum absolute atomic E-state index is 11.1. The summed E-state index contributed by atoms with van der Waals surface area (Å²) in [5.41, 5.74) is 10.6. The Morgan fingerprint density at radius 2 is 1.44 bits per heavy atom. The number of rotatable bonds is 6. The van der Waals surface area contributed by atoms with E-state index in [1.807, 2.05) is 0 Å². The van der Waals surface area contributed by atoms with Crippen molar-refractivity contribution in [3.05, 3.63) is 11.2 Å². The highest BCUT2D eigenvalue weighted by atomic mass is 35.5. The van der Waals surface area contributed by atoms with Crippen LogP contribution in [0.25, 0.3) is 0 Å². The van der Waals surface area contributed by atoms with E-state index in [0.29, 0.717) is 35.6 Å². The minimum atomic E-state index is -0.240. The lowest BCUT2D eigenvalue weighted by atomic mass is 9.93. The van der Waals surface area contributed by atoms with Crippen LogP contribution in [-0.2, 0) is 9.59 Å². The fourth-order valence-electron chi connectivity index (χ4n) is 3.98. The Kier molecular flexibility index (Phi) is 6.36. The van der Waals surface area contributed by atoms with Crippen LogP contribution in [0.15, 0.2) is 6.20 Å². The summed E-state index contributed by atoms with van der Waals surface area (Å²) in [4.78, 5) is 35.6. The molecule has 0 aliphatic carbocycles. The van der Waals surface area contributed by atoms with Crippen LogP contribution in [0.5, 0.6) is 0 Å². The number of halogens is 1. The quantitative estimate of drug-likeness (QED) is 0.750. The lowest BCUT2D eigenvalue weighted by molar-refractivity contribution is -0.119. The Hall–Kier alpha value is -2.09. The number of carbonyl (C=O) groups excluding carboxylic acids is 2. The van der Waals surface area contributed by atoms with Crippen LogP contribution in [0.3, 0.4) is 0 Å². The van der Waals surface area contributed by atoms with Gasteiger partial charge in [-0.05, 0) is 37.5 Å². The third kappa shape index (κ3) is 5.22. The van der Waals surface area contributed by atoms with Crippen LogP contribution >= 0.6 is 11.6 Å². The van der Waals surface area contributed by atoms with Gasteiger partial charge in [-0.3, -0.25) is 9.59 Å². The largest absolute Gasteiger partial charge is 0.370 e. The highest BCUT2D eigenvalue weighted by Crippen LogP contribution is 2.31. The summed E-state index contributed by atoms with van der Waals surface area (Å²) in [6.07, 6.45) is 6.15. The normalized spacial score (nSPS) is 19.3. The van der Waals surface area contributed by atoms with Crippen molar-refractivity contribution in [2.24, 2.45) is 23.3 Å². The second-order valence-corrected chi connectivity index (χ2v) is 7.95. The standard InChI is InChI=1S/C18H27ClN6O2/c19-14-11-22-18(25-7-3-13(4-8-25)10-16(21)27)23-17(14)24-5-1-12(2-6-24)9-15(20)26/h11-13H,1-10H2,(H2,20,26)(H2,21,27). The lowest BCUT2D eigenvalue weighted by Crippen LogP contribution is -2.38. The molecule has 0 radical (unpaired) electrons. The first-order valence-electron chi connectivity index (χ1n) is 9.51. The fraction of sp³-hybridized carbons (Fsp3) is 0.667. The SMILES string of the molecule is NC(=O)CC1CCN(c2ncc(Cl)c(N3CCC(CC(N)=O)CC3)n2)CC1. The van der Waals surface area contributed by atoms with Crippen molar-refractivity contribution in [3.8, 4) is 0 Å². The third-order valence-electron chi connectivity index (χ3n) is 5.50. The van der Waals surface area contributed by atoms with Crippen molar-refractivity contribution in [1.29, 1.82) is 0 Å². The first-order valence-corrected chi connectivity index (χ1v) is 9.89. The van der Waals surface area contributed by atoms with Gasteiger partial charge in [0.05, 0.1) is 6.20 Å². The average Bonchev–Trinajstić information content (AvgIpc) is 2.63. The molecule has 0 aromatic carbocycles. The number of hydrogen-bond acceptors (Lipinski definition) is 6. The van der Waals surface area contributed by atoms with Crippen molar-refractivity contribution in [2.75, 3.05) is 36.0 Å². The number of nitrogens with zero attached hydrogens (tertiary/aromatic N) is 4. The highest BCUT2D eigenvalue weighted by molar-refractivity contribution is 6.32. The van der Waals surface area contributed by atoms with Crippen molar-refractivity contribution >= 4 is 35.2 Å². The molecule has 2 saturated heterocycles. The van der Waals surface area contributed by atoms with E-state index in [4.69, 9.17) is 28.1 Å². The molecule has 0 saturated carbocycles. The molecule has 0 unspecified atom stereocenters. The number of nitrogens with two attached hydrogens (primary N) is 2. The second-order valence-electron chi connectivity index (χ2n) is 7.54. The molecule has 0 atom stereocenters. The molecule has 2 fully saturated rings. The monoisotopic (exact) mass is 394 g/mol. The molecule has 0 spiro atoms. The maximum atomic E-state index is 11.1. The van der Waals surface area contributed by atoms with E-state index in [2.05, 4.69) is 14.8 Å². The molecular weight excluding hydrogens is 368 g/mol. The summed E-state index contributed by atoms with van der Waals surface area (Å²) in [7, 11) is 0. The number of piperidine rings is 2. The van der Waals surface area contributed by atoms with Crippen molar-refractivity contribution in [2.45, 2.75) is 38.5 Å². The number of carbonyl (C=O) groups is 2. The van der Waals surface area contributed by atoms with E-state index >= 15 is 0 Å². The minimum Gasteiger partial charge on any atom is -0.370 e. The number of hydrogen-bond donors (Lipinski definition) is 2. The molecule has 4 N–H and O–H groups in total. The molecule has 2 aliphatic rings. The van der Waals surface area contributed by atoms with Gasteiger partial charge < -0.3 is 21.3 Å². The van der Waals surface area contributed by atoms with Crippen LogP contribution in [0.1, 0.15) is 38.5 Å². The van der Waals surface area contributed by atoms with E-state index in [1.165, 1.54) is 0 Å². The van der Waals surface area contributed by atoms with E-state index in [9.17, 15) is 9.59 Å². The smallest absolute Gasteiger partial charge is 0.227 e. The number of anilines is 2. The molecule has 2 amide bonds. The first kappa shape index (κ1) is 19.7. The molecule has 3 heterocycles. The Morgan fingerprint density at radius 3 is 1.93 bits per heavy atom. The number of primary amides is 2. The molecule has 148 valence electrons. The summed E-state index contributed by atoms with van der Waals surface area (Å²) in [6, 6.07) is 0. The van der Waals surface area contributed by atoms with Gasteiger partial charge in [-0.15, -0.1) is 0 Å². The molecule has 3 rings (SSSR count). The van der Waals surface area contributed by atoms with Crippen molar-refractivity contribution in [3.63, 3.8) is 0 Å². The first-order chi connectivity index (χ1) is 12.9. The molecule has 1 aromatic rings. The van der Waals surface area contributed by atoms with Crippen LogP contribution in [-0.4, -0.2) is 48.0 Å². The van der Waals surface area contributed by atoms with Gasteiger partial charge in [-0.2, -0.15) is 4.98 Å². The van der Waals surface area contributed by atoms with Gasteiger partial charge in [0.1, 0.15) is 5.02 Å². The van der Waals surface area contributed by atoms with Crippen LogP contribution in [0.4, 0.5) is 11.8 Å². The highest BCUT2D eigenvalue weighted by Gasteiger charge is 2.26. The van der Waals surface area contributed by atoms with Gasteiger partial charge in [0.15, 0.2) is 5.82 Å². The molecule has 0 bridgehead atoms. The predicted octanol–water partition coefficient (Wildman–Crippen LogP) is 1.31.